The Kier molecular flexibility index (Phi) is 6.43. The highest BCUT2D eigenvalue weighted by Crippen LogP contribution is 2.29. The molecule has 1 amide bonds. The Balaban J connectivity index is 1.83. The smallest absolute Gasteiger partial charge is 0.235 e. The van der Waals surface area contributed by atoms with Crippen molar-refractivity contribution in [1.82, 2.24) is 20.6 Å². The van der Waals surface area contributed by atoms with Crippen LogP contribution in [0.25, 0.3) is 0 Å². The number of H-pyrrole nitrogens is 1. The number of carbonyl (C=O) groups excluding carboxylic acids is 1. The zero-order valence-electron chi connectivity index (χ0n) is 17.0. The first-order chi connectivity index (χ1) is 14.0. The Morgan fingerprint density at radius 1 is 1.10 bits per heavy atom. The maximum atomic E-state index is 13.1. The lowest BCUT2D eigenvalue weighted by Gasteiger charge is -2.16. The number of carbonyl (C=O) groups is 1. The number of hydrogen-bond acceptors (Lipinski definition) is 6. The zero-order chi connectivity index (χ0) is 20.8. The van der Waals surface area contributed by atoms with Gasteiger partial charge < -0.3 is 14.8 Å². The van der Waals surface area contributed by atoms with Crippen molar-refractivity contribution < 1.29 is 14.3 Å². The van der Waals surface area contributed by atoms with Gasteiger partial charge in [-0.15, -0.1) is 10.2 Å². The van der Waals surface area contributed by atoms with E-state index in [1.165, 1.54) is 5.56 Å². The van der Waals surface area contributed by atoms with E-state index in [1.54, 1.807) is 20.3 Å². The molecule has 152 valence electrons. The molecule has 1 heterocycles. The molecule has 0 bridgehead atoms. The van der Waals surface area contributed by atoms with Crippen molar-refractivity contribution in [2.45, 2.75) is 32.1 Å². The number of ether oxygens (including phenoxy) is 2. The largest absolute Gasteiger partial charge is 0.497 e. The molecule has 0 aliphatic rings. The molecule has 0 saturated carbocycles. The SMILES string of the molecule is COc1ccc(C[C@@H](C(=O)Nc2ccc(C(C)C)cc2)c2nn[nH]n2)c(OC)c1. The van der Waals surface area contributed by atoms with Crippen LogP contribution in [0, 0.1) is 0 Å². The molecular weight excluding hydrogens is 370 g/mol. The van der Waals surface area contributed by atoms with Crippen LogP contribution in [0.3, 0.4) is 0 Å². The van der Waals surface area contributed by atoms with Gasteiger partial charge in [-0.1, -0.05) is 37.3 Å². The molecule has 8 nitrogen and oxygen atoms in total. The molecule has 1 aromatic heterocycles. The fourth-order valence-corrected chi connectivity index (χ4v) is 3.04. The summed E-state index contributed by atoms with van der Waals surface area (Å²) in [5.41, 5.74) is 2.77. The summed E-state index contributed by atoms with van der Waals surface area (Å²) < 4.78 is 10.7. The van der Waals surface area contributed by atoms with Crippen molar-refractivity contribution in [3.63, 3.8) is 0 Å². The number of rotatable bonds is 8. The monoisotopic (exact) mass is 395 g/mol. The van der Waals surface area contributed by atoms with Crippen molar-refractivity contribution in [2.75, 3.05) is 19.5 Å². The number of aromatic nitrogens is 4. The van der Waals surface area contributed by atoms with Crippen molar-refractivity contribution in [3.8, 4) is 11.5 Å². The maximum Gasteiger partial charge on any atom is 0.235 e. The Morgan fingerprint density at radius 3 is 2.45 bits per heavy atom. The van der Waals surface area contributed by atoms with Crippen LogP contribution in [0.15, 0.2) is 42.5 Å². The van der Waals surface area contributed by atoms with E-state index in [4.69, 9.17) is 9.47 Å². The predicted molar refractivity (Wildman–Crippen MR) is 109 cm³/mol. The van der Waals surface area contributed by atoms with Gasteiger partial charge in [0.15, 0.2) is 5.82 Å². The van der Waals surface area contributed by atoms with Gasteiger partial charge in [0.2, 0.25) is 5.91 Å². The molecule has 0 spiro atoms. The molecule has 8 heteroatoms. The number of anilines is 1. The third-order valence-corrected chi connectivity index (χ3v) is 4.75. The molecule has 29 heavy (non-hydrogen) atoms. The van der Waals surface area contributed by atoms with Crippen LogP contribution in [0.5, 0.6) is 11.5 Å². The number of benzene rings is 2. The van der Waals surface area contributed by atoms with Gasteiger partial charge in [-0.05, 0) is 41.7 Å². The normalized spacial score (nSPS) is 11.9. The minimum absolute atomic E-state index is 0.221. The first-order valence-electron chi connectivity index (χ1n) is 9.37. The summed E-state index contributed by atoms with van der Waals surface area (Å²) in [6, 6.07) is 13.3. The number of nitrogens with zero attached hydrogens (tertiary/aromatic N) is 3. The molecule has 1 atom stereocenters. The third kappa shape index (κ3) is 4.90. The molecule has 0 aliphatic heterocycles. The summed E-state index contributed by atoms with van der Waals surface area (Å²) in [4.78, 5) is 13.1. The van der Waals surface area contributed by atoms with Crippen molar-refractivity contribution in [2.24, 2.45) is 0 Å². The molecule has 2 N–H and O–H groups in total. The van der Waals surface area contributed by atoms with Gasteiger partial charge in [0, 0.05) is 11.8 Å². The van der Waals surface area contributed by atoms with E-state index >= 15 is 0 Å². The quantitative estimate of drug-likeness (QED) is 0.607. The molecule has 2 aromatic carbocycles. The maximum absolute atomic E-state index is 13.1. The first kappa shape index (κ1) is 20.3. The van der Waals surface area contributed by atoms with Gasteiger partial charge in [-0.25, -0.2) is 0 Å². The number of aromatic amines is 1. The van der Waals surface area contributed by atoms with Gasteiger partial charge in [-0.2, -0.15) is 5.21 Å². The standard InChI is InChI=1S/C21H25N5O3/c1-13(2)14-5-8-16(9-6-14)22-21(27)18(20-23-25-26-24-20)11-15-7-10-17(28-3)12-19(15)29-4/h5-10,12-13,18H,11H2,1-4H3,(H,22,27)(H,23,24,25,26)/t18-/m1/s1. The lowest BCUT2D eigenvalue weighted by atomic mass is 9.96. The van der Waals surface area contributed by atoms with Crippen LogP contribution in [0.4, 0.5) is 5.69 Å². The van der Waals surface area contributed by atoms with E-state index in [2.05, 4.69) is 39.8 Å². The van der Waals surface area contributed by atoms with E-state index < -0.39 is 5.92 Å². The lowest BCUT2D eigenvalue weighted by molar-refractivity contribution is -0.117. The van der Waals surface area contributed by atoms with Gasteiger partial charge in [0.1, 0.15) is 17.4 Å². The van der Waals surface area contributed by atoms with Crippen molar-refractivity contribution in [1.29, 1.82) is 0 Å². The Labute approximate surface area is 169 Å². The van der Waals surface area contributed by atoms with E-state index in [9.17, 15) is 4.79 Å². The van der Waals surface area contributed by atoms with Crippen LogP contribution in [0.2, 0.25) is 0 Å². The second kappa shape index (κ2) is 9.18. The van der Waals surface area contributed by atoms with Gasteiger partial charge in [-0.3, -0.25) is 4.79 Å². The van der Waals surface area contributed by atoms with Gasteiger partial charge in [0.25, 0.3) is 0 Å². The van der Waals surface area contributed by atoms with Gasteiger partial charge in [0.05, 0.1) is 14.2 Å². The minimum Gasteiger partial charge on any atom is -0.497 e. The molecular formula is C21H25N5O3. The average Bonchev–Trinajstić information content (AvgIpc) is 3.26. The first-order valence-corrected chi connectivity index (χ1v) is 9.37. The highest BCUT2D eigenvalue weighted by atomic mass is 16.5. The van der Waals surface area contributed by atoms with Crippen LogP contribution >= 0.6 is 0 Å². The highest BCUT2D eigenvalue weighted by molar-refractivity contribution is 5.95. The van der Waals surface area contributed by atoms with Crippen molar-refractivity contribution in [3.05, 3.63) is 59.4 Å². The highest BCUT2D eigenvalue weighted by Gasteiger charge is 2.27. The summed E-state index contributed by atoms with van der Waals surface area (Å²) >= 11 is 0. The fourth-order valence-electron chi connectivity index (χ4n) is 3.04. The molecule has 3 rings (SSSR count). The fraction of sp³-hybridized carbons (Fsp3) is 0.333. The molecule has 0 fully saturated rings. The van der Waals surface area contributed by atoms with Crippen LogP contribution < -0.4 is 14.8 Å². The van der Waals surface area contributed by atoms with Crippen LogP contribution in [0.1, 0.15) is 42.6 Å². The number of nitrogens with one attached hydrogen (secondary N) is 2. The van der Waals surface area contributed by atoms with Crippen LogP contribution in [-0.2, 0) is 11.2 Å². The van der Waals surface area contributed by atoms with E-state index in [-0.39, 0.29) is 5.91 Å². The van der Waals surface area contributed by atoms with E-state index in [1.807, 2.05) is 36.4 Å². The third-order valence-electron chi connectivity index (χ3n) is 4.75. The number of hydrogen-bond donors (Lipinski definition) is 2. The number of tetrazole rings is 1. The Morgan fingerprint density at radius 2 is 1.86 bits per heavy atom. The molecule has 0 saturated heterocycles. The summed E-state index contributed by atoms with van der Waals surface area (Å²) in [6.07, 6.45) is 0.350. The molecule has 0 unspecified atom stereocenters. The number of methoxy groups -OCH3 is 2. The Bertz CT molecular complexity index is 939. The average molecular weight is 395 g/mol. The summed E-state index contributed by atoms with van der Waals surface area (Å²) in [5.74, 6) is 1.19. The zero-order valence-corrected chi connectivity index (χ0v) is 17.0. The topological polar surface area (TPSA) is 102 Å². The van der Waals surface area contributed by atoms with Crippen molar-refractivity contribution >= 4 is 11.6 Å². The molecule has 3 aromatic rings. The minimum atomic E-state index is -0.638. The lowest BCUT2D eigenvalue weighted by Crippen LogP contribution is -2.24. The number of amides is 1. The van der Waals surface area contributed by atoms with E-state index in [0.717, 1.165) is 11.3 Å². The second-order valence-corrected chi connectivity index (χ2v) is 6.97. The summed E-state index contributed by atoms with van der Waals surface area (Å²) in [6.45, 7) is 4.25. The van der Waals surface area contributed by atoms with Gasteiger partial charge >= 0.3 is 0 Å². The summed E-state index contributed by atoms with van der Waals surface area (Å²) in [7, 11) is 3.17. The Hall–Kier alpha value is -3.42. The van der Waals surface area contributed by atoms with E-state index in [0.29, 0.717) is 29.7 Å². The molecule has 0 aliphatic carbocycles. The summed E-state index contributed by atoms with van der Waals surface area (Å²) in [5, 5.41) is 17.0. The predicted octanol–water partition coefficient (Wildman–Crippen LogP) is 3.31. The second-order valence-electron chi connectivity index (χ2n) is 6.97. The molecule has 0 radical (unpaired) electrons. The van der Waals surface area contributed by atoms with Crippen LogP contribution in [-0.4, -0.2) is 40.8 Å².